The lowest BCUT2D eigenvalue weighted by molar-refractivity contribution is 0.110. The molecule has 2 N–H and O–H groups in total. The maximum Gasteiger partial charge on any atom is 0.0240 e. The largest absolute Gasteiger partial charge is 0.327 e. The number of nitrogens with zero attached hydrogens (tertiary/aromatic N) is 1. The zero-order valence-electron chi connectivity index (χ0n) is 14.1. The molecule has 1 aliphatic carbocycles. The molecule has 0 aromatic heterocycles. The smallest absolute Gasteiger partial charge is 0.0240 e. The van der Waals surface area contributed by atoms with Gasteiger partial charge >= 0.3 is 0 Å². The average Bonchev–Trinajstić information content (AvgIpc) is 2.59. The molecule has 1 fully saturated rings. The monoisotopic (exact) mass is 308 g/mol. The molecule has 2 heteroatoms. The predicted octanol–water partition coefficient (Wildman–Crippen LogP) is 4.20. The summed E-state index contributed by atoms with van der Waals surface area (Å²) in [5.74, 6) is 0.614. The molecule has 2 aromatic carbocycles. The Balaban J connectivity index is 1.75. The summed E-state index contributed by atoms with van der Waals surface area (Å²) in [4.78, 5) is 2.65. The first-order valence-corrected chi connectivity index (χ1v) is 8.80. The van der Waals surface area contributed by atoms with E-state index in [1.54, 1.807) is 0 Å². The summed E-state index contributed by atoms with van der Waals surface area (Å²) >= 11 is 0. The second kappa shape index (κ2) is 7.76. The summed E-state index contributed by atoms with van der Waals surface area (Å²) in [6.45, 7) is 4.34. The van der Waals surface area contributed by atoms with Crippen LogP contribution < -0.4 is 5.73 Å². The molecule has 0 radical (unpaired) electrons. The molecule has 3 atom stereocenters. The van der Waals surface area contributed by atoms with Crippen molar-refractivity contribution in [1.82, 2.24) is 4.90 Å². The van der Waals surface area contributed by atoms with Crippen molar-refractivity contribution in [3.8, 4) is 0 Å². The first kappa shape index (κ1) is 16.2. The Hall–Kier alpha value is -1.64. The van der Waals surface area contributed by atoms with Gasteiger partial charge in [0.2, 0.25) is 0 Å². The third-order valence-electron chi connectivity index (χ3n) is 5.18. The standard InChI is InChI=1S/C21H28N2/c1-17-14-20(12-13-21(17)22)23(15-18-8-4-2-5-9-18)16-19-10-6-3-7-11-19/h2-11,17,20-21H,12-16,22H2,1H3/t17-,20-,21-/m1/s1. The van der Waals surface area contributed by atoms with Crippen molar-refractivity contribution >= 4 is 0 Å². The van der Waals surface area contributed by atoms with E-state index in [0.29, 0.717) is 18.0 Å². The molecular formula is C21H28N2. The van der Waals surface area contributed by atoms with Gasteiger partial charge < -0.3 is 5.73 Å². The van der Waals surface area contributed by atoms with Gasteiger partial charge in [0.25, 0.3) is 0 Å². The number of benzene rings is 2. The number of hydrogen-bond donors (Lipinski definition) is 1. The molecule has 2 nitrogen and oxygen atoms in total. The molecular weight excluding hydrogens is 280 g/mol. The van der Waals surface area contributed by atoms with Crippen LogP contribution in [-0.4, -0.2) is 17.0 Å². The molecule has 0 unspecified atom stereocenters. The summed E-state index contributed by atoms with van der Waals surface area (Å²) in [6.07, 6.45) is 3.57. The van der Waals surface area contributed by atoms with Crippen LogP contribution in [0.2, 0.25) is 0 Å². The summed E-state index contributed by atoms with van der Waals surface area (Å²) in [7, 11) is 0. The van der Waals surface area contributed by atoms with Gasteiger partial charge in [0.05, 0.1) is 0 Å². The minimum absolute atomic E-state index is 0.376. The van der Waals surface area contributed by atoms with Crippen LogP contribution in [0.25, 0.3) is 0 Å². The van der Waals surface area contributed by atoms with E-state index >= 15 is 0 Å². The topological polar surface area (TPSA) is 29.3 Å². The third kappa shape index (κ3) is 4.43. The van der Waals surface area contributed by atoms with Crippen molar-refractivity contribution in [1.29, 1.82) is 0 Å². The van der Waals surface area contributed by atoms with Crippen LogP contribution in [0.3, 0.4) is 0 Å². The van der Waals surface area contributed by atoms with Crippen molar-refractivity contribution in [2.45, 2.75) is 51.4 Å². The fourth-order valence-electron chi connectivity index (χ4n) is 3.67. The summed E-state index contributed by atoms with van der Waals surface area (Å²) in [5.41, 5.74) is 9.02. The second-order valence-electron chi connectivity index (χ2n) is 6.98. The molecule has 2 aromatic rings. The summed E-state index contributed by atoms with van der Waals surface area (Å²) in [6, 6.07) is 22.7. The van der Waals surface area contributed by atoms with Crippen molar-refractivity contribution in [3.05, 3.63) is 71.8 Å². The molecule has 0 heterocycles. The molecule has 1 saturated carbocycles. The first-order chi connectivity index (χ1) is 11.2. The Labute approximate surface area is 140 Å². The zero-order valence-corrected chi connectivity index (χ0v) is 14.1. The van der Waals surface area contributed by atoms with Crippen molar-refractivity contribution < 1.29 is 0 Å². The second-order valence-corrected chi connectivity index (χ2v) is 6.98. The minimum atomic E-state index is 0.376. The fourth-order valence-corrected chi connectivity index (χ4v) is 3.67. The predicted molar refractivity (Wildman–Crippen MR) is 96.9 cm³/mol. The summed E-state index contributed by atoms with van der Waals surface area (Å²) < 4.78 is 0. The molecule has 122 valence electrons. The first-order valence-electron chi connectivity index (χ1n) is 8.80. The van der Waals surface area contributed by atoms with E-state index in [1.807, 2.05) is 0 Å². The zero-order chi connectivity index (χ0) is 16.1. The van der Waals surface area contributed by atoms with Gasteiger partial charge in [-0.15, -0.1) is 0 Å². The molecule has 0 spiro atoms. The highest BCUT2D eigenvalue weighted by molar-refractivity contribution is 5.17. The number of rotatable bonds is 5. The van der Waals surface area contributed by atoms with Crippen LogP contribution >= 0.6 is 0 Å². The van der Waals surface area contributed by atoms with Crippen LogP contribution in [-0.2, 0) is 13.1 Å². The molecule has 0 saturated heterocycles. The van der Waals surface area contributed by atoms with Crippen LogP contribution in [0.5, 0.6) is 0 Å². The SMILES string of the molecule is C[C@@H]1C[C@H](N(Cc2ccccc2)Cc2ccccc2)CC[C@H]1N. The van der Waals surface area contributed by atoms with Gasteiger partial charge in [0, 0.05) is 25.2 Å². The molecule has 0 bridgehead atoms. The van der Waals surface area contributed by atoms with E-state index in [9.17, 15) is 0 Å². The number of nitrogens with two attached hydrogens (primary N) is 1. The highest BCUT2D eigenvalue weighted by Crippen LogP contribution is 2.29. The molecule has 3 rings (SSSR count). The van der Waals surface area contributed by atoms with E-state index in [2.05, 4.69) is 72.5 Å². The lowest BCUT2D eigenvalue weighted by atomic mass is 9.82. The van der Waals surface area contributed by atoms with Gasteiger partial charge in [-0.25, -0.2) is 0 Å². The van der Waals surface area contributed by atoms with Gasteiger partial charge in [-0.1, -0.05) is 67.6 Å². The highest BCUT2D eigenvalue weighted by Gasteiger charge is 2.29. The Morgan fingerprint density at radius 2 is 1.39 bits per heavy atom. The van der Waals surface area contributed by atoms with Crippen molar-refractivity contribution in [2.75, 3.05) is 0 Å². The molecule has 0 aliphatic heterocycles. The maximum atomic E-state index is 6.23. The van der Waals surface area contributed by atoms with Crippen LogP contribution in [0.15, 0.2) is 60.7 Å². The van der Waals surface area contributed by atoms with Gasteiger partial charge in [0.15, 0.2) is 0 Å². The Bertz CT molecular complexity index is 540. The summed E-state index contributed by atoms with van der Waals surface area (Å²) in [5, 5.41) is 0. The van der Waals surface area contributed by atoms with Crippen LogP contribution in [0.4, 0.5) is 0 Å². The van der Waals surface area contributed by atoms with Crippen molar-refractivity contribution in [3.63, 3.8) is 0 Å². The third-order valence-corrected chi connectivity index (χ3v) is 5.18. The quantitative estimate of drug-likeness (QED) is 0.896. The van der Waals surface area contributed by atoms with E-state index in [4.69, 9.17) is 5.73 Å². The van der Waals surface area contributed by atoms with Gasteiger partial charge in [-0.3, -0.25) is 4.90 Å². The lowest BCUT2D eigenvalue weighted by Crippen LogP contribution is -2.44. The normalized spacial score (nSPS) is 24.7. The van der Waals surface area contributed by atoms with Gasteiger partial charge in [-0.05, 0) is 36.3 Å². The molecule has 23 heavy (non-hydrogen) atoms. The minimum Gasteiger partial charge on any atom is -0.327 e. The van der Waals surface area contributed by atoms with Gasteiger partial charge in [-0.2, -0.15) is 0 Å². The van der Waals surface area contributed by atoms with E-state index in [1.165, 1.54) is 24.0 Å². The lowest BCUT2D eigenvalue weighted by Gasteiger charge is -2.39. The highest BCUT2D eigenvalue weighted by atomic mass is 15.2. The Kier molecular flexibility index (Phi) is 5.47. The van der Waals surface area contributed by atoms with Gasteiger partial charge in [0.1, 0.15) is 0 Å². The van der Waals surface area contributed by atoms with Crippen LogP contribution in [0, 0.1) is 5.92 Å². The van der Waals surface area contributed by atoms with E-state index in [0.717, 1.165) is 19.5 Å². The van der Waals surface area contributed by atoms with E-state index in [-0.39, 0.29) is 0 Å². The van der Waals surface area contributed by atoms with E-state index < -0.39 is 0 Å². The Morgan fingerprint density at radius 1 is 0.870 bits per heavy atom. The molecule has 1 aliphatic rings. The average molecular weight is 308 g/mol. The van der Waals surface area contributed by atoms with Crippen molar-refractivity contribution in [2.24, 2.45) is 11.7 Å². The fraction of sp³-hybridized carbons (Fsp3) is 0.429. The number of hydrogen-bond acceptors (Lipinski definition) is 2. The van der Waals surface area contributed by atoms with Crippen LogP contribution in [0.1, 0.15) is 37.3 Å². The molecule has 0 amide bonds. The Morgan fingerprint density at radius 3 is 1.87 bits per heavy atom. The maximum absolute atomic E-state index is 6.23.